The molecule has 1 N–H and O–H groups in total. The maximum absolute atomic E-state index is 13.2. The van der Waals surface area contributed by atoms with Gasteiger partial charge in [0.25, 0.3) is 6.01 Å². The van der Waals surface area contributed by atoms with E-state index in [0.717, 1.165) is 36.1 Å². The number of piperidine rings is 1. The lowest BCUT2D eigenvalue weighted by Crippen LogP contribution is -2.41. The minimum absolute atomic E-state index is 0. The molecule has 3 aromatic rings. The van der Waals surface area contributed by atoms with Crippen LogP contribution in [0.3, 0.4) is 0 Å². The second-order valence-corrected chi connectivity index (χ2v) is 6.72. The van der Waals surface area contributed by atoms with E-state index in [4.69, 9.17) is 9.72 Å². The molecular formula is C20H24Cl2FN3O. The van der Waals surface area contributed by atoms with Crippen LogP contribution in [0.4, 0.5) is 4.39 Å². The van der Waals surface area contributed by atoms with E-state index in [-0.39, 0.29) is 36.7 Å². The number of nitrogens with one attached hydrogen (secondary N) is 1. The van der Waals surface area contributed by atoms with E-state index in [0.29, 0.717) is 18.5 Å². The van der Waals surface area contributed by atoms with Gasteiger partial charge in [0, 0.05) is 12.5 Å². The summed E-state index contributed by atoms with van der Waals surface area (Å²) in [4.78, 5) is 4.70. The number of ether oxygens (including phenoxy) is 1. The maximum Gasteiger partial charge on any atom is 0.297 e. The third kappa shape index (κ3) is 4.72. The Morgan fingerprint density at radius 2 is 1.89 bits per heavy atom. The molecule has 1 aliphatic rings. The Balaban J connectivity index is 0.00000131. The summed E-state index contributed by atoms with van der Waals surface area (Å²) in [6.45, 7) is 4.73. The Morgan fingerprint density at radius 3 is 2.63 bits per heavy atom. The summed E-state index contributed by atoms with van der Waals surface area (Å²) in [5.41, 5.74) is 2.97. The molecule has 0 saturated carbocycles. The van der Waals surface area contributed by atoms with Gasteiger partial charge in [-0.25, -0.2) is 4.39 Å². The van der Waals surface area contributed by atoms with Crippen LogP contribution in [0.15, 0.2) is 48.5 Å². The van der Waals surface area contributed by atoms with Crippen LogP contribution >= 0.6 is 24.8 Å². The molecule has 2 aromatic carbocycles. The molecule has 2 atom stereocenters. The van der Waals surface area contributed by atoms with E-state index in [1.165, 1.54) is 12.1 Å². The first-order valence-corrected chi connectivity index (χ1v) is 8.78. The van der Waals surface area contributed by atoms with E-state index in [2.05, 4.69) is 16.8 Å². The zero-order valence-electron chi connectivity index (χ0n) is 15.1. The molecule has 1 saturated heterocycles. The summed E-state index contributed by atoms with van der Waals surface area (Å²) in [5, 5.41) is 3.39. The highest BCUT2D eigenvalue weighted by molar-refractivity contribution is 5.85. The summed E-state index contributed by atoms with van der Waals surface area (Å²) in [7, 11) is 0. The monoisotopic (exact) mass is 411 g/mol. The molecular weight excluding hydrogens is 388 g/mol. The van der Waals surface area contributed by atoms with Crippen LogP contribution in [0, 0.1) is 11.7 Å². The summed E-state index contributed by atoms with van der Waals surface area (Å²) < 4.78 is 21.6. The number of hydrogen-bond donors (Lipinski definition) is 1. The molecule has 1 fully saturated rings. The average molecular weight is 412 g/mol. The molecule has 0 spiro atoms. The molecule has 0 aliphatic carbocycles. The normalized spacial score (nSPS) is 19.2. The summed E-state index contributed by atoms with van der Waals surface area (Å²) in [6.07, 6.45) is 1.13. The topological polar surface area (TPSA) is 39.1 Å². The maximum atomic E-state index is 13.2. The van der Waals surface area contributed by atoms with Gasteiger partial charge in [-0.15, -0.1) is 24.8 Å². The minimum atomic E-state index is -0.223. The van der Waals surface area contributed by atoms with Crippen LogP contribution in [-0.2, 0) is 6.54 Å². The van der Waals surface area contributed by atoms with Crippen LogP contribution in [0.5, 0.6) is 6.01 Å². The summed E-state index contributed by atoms with van der Waals surface area (Å²) >= 11 is 0. The van der Waals surface area contributed by atoms with Gasteiger partial charge in [-0.05, 0) is 42.8 Å². The molecule has 27 heavy (non-hydrogen) atoms. The van der Waals surface area contributed by atoms with Crippen LogP contribution in [-0.4, -0.2) is 28.7 Å². The van der Waals surface area contributed by atoms with Crippen LogP contribution in [0.1, 0.15) is 18.9 Å². The number of aromatic nitrogens is 2. The third-order valence-electron chi connectivity index (χ3n) is 4.84. The number of imidazole rings is 1. The highest BCUT2D eigenvalue weighted by Crippen LogP contribution is 2.26. The van der Waals surface area contributed by atoms with Crippen LogP contribution in [0.2, 0.25) is 0 Å². The highest BCUT2D eigenvalue weighted by atomic mass is 35.5. The predicted octanol–water partition coefficient (Wildman–Crippen LogP) is 4.44. The van der Waals surface area contributed by atoms with Crippen molar-refractivity contribution in [2.24, 2.45) is 5.92 Å². The van der Waals surface area contributed by atoms with Gasteiger partial charge < -0.3 is 10.1 Å². The van der Waals surface area contributed by atoms with Gasteiger partial charge in [-0.1, -0.05) is 31.2 Å². The van der Waals surface area contributed by atoms with Gasteiger partial charge in [-0.3, -0.25) is 4.57 Å². The molecule has 0 amide bonds. The molecule has 146 valence electrons. The number of hydrogen-bond acceptors (Lipinski definition) is 3. The average Bonchev–Trinajstić information content (AvgIpc) is 2.96. The Morgan fingerprint density at radius 1 is 1.15 bits per heavy atom. The smallest absolute Gasteiger partial charge is 0.297 e. The molecule has 1 aliphatic heterocycles. The number of fused-ring (bicyclic) bond motifs is 1. The highest BCUT2D eigenvalue weighted by Gasteiger charge is 2.25. The van der Waals surface area contributed by atoms with Crippen molar-refractivity contribution in [1.29, 1.82) is 0 Å². The van der Waals surface area contributed by atoms with Crippen molar-refractivity contribution in [3.63, 3.8) is 0 Å². The molecule has 7 heteroatoms. The fourth-order valence-corrected chi connectivity index (χ4v) is 3.37. The SMILES string of the molecule is C[C@@H]1CNCC[C@H]1Oc1nc2ccccc2n1Cc1ccc(F)cc1.Cl.Cl. The van der Waals surface area contributed by atoms with Crippen molar-refractivity contribution in [1.82, 2.24) is 14.9 Å². The lowest BCUT2D eigenvalue weighted by Gasteiger charge is -2.29. The number of nitrogens with zero attached hydrogens (tertiary/aromatic N) is 2. The van der Waals surface area contributed by atoms with Crippen molar-refractivity contribution in [2.75, 3.05) is 13.1 Å². The fraction of sp³-hybridized carbons (Fsp3) is 0.350. The molecule has 0 bridgehead atoms. The summed E-state index contributed by atoms with van der Waals surface area (Å²) in [6, 6.07) is 15.3. The molecule has 2 heterocycles. The van der Waals surface area contributed by atoms with Gasteiger partial charge in [-0.2, -0.15) is 4.98 Å². The van der Waals surface area contributed by atoms with E-state index < -0.39 is 0 Å². The molecule has 4 nitrogen and oxygen atoms in total. The molecule has 0 unspecified atom stereocenters. The fourth-order valence-electron chi connectivity index (χ4n) is 3.37. The molecule has 0 radical (unpaired) electrons. The zero-order valence-corrected chi connectivity index (χ0v) is 16.7. The Bertz CT molecular complexity index is 869. The van der Waals surface area contributed by atoms with Crippen molar-refractivity contribution in [2.45, 2.75) is 26.0 Å². The predicted molar refractivity (Wildman–Crippen MR) is 111 cm³/mol. The zero-order chi connectivity index (χ0) is 17.2. The first-order valence-electron chi connectivity index (χ1n) is 8.78. The van der Waals surface area contributed by atoms with Crippen molar-refractivity contribution in [3.05, 3.63) is 59.9 Å². The molecule has 4 rings (SSSR count). The standard InChI is InChI=1S/C20H22FN3O.2ClH/c1-14-12-22-11-10-19(14)25-20-23-17-4-2-3-5-18(17)24(20)13-15-6-8-16(21)9-7-15;;/h2-9,14,19,22H,10-13H2,1H3;2*1H/t14-,19-;;/m1../s1. The van der Waals surface area contributed by atoms with Crippen LogP contribution < -0.4 is 10.1 Å². The Kier molecular flexibility index (Phi) is 7.48. The first-order chi connectivity index (χ1) is 12.2. The van der Waals surface area contributed by atoms with Crippen molar-refractivity contribution < 1.29 is 9.13 Å². The Labute approximate surface area is 170 Å². The van der Waals surface area contributed by atoms with E-state index in [9.17, 15) is 4.39 Å². The number of rotatable bonds is 4. The molecule has 1 aromatic heterocycles. The lowest BCUT2D eigenvalue weighted by molar-refractivity contribution is 0.0976. The minimum Gasteiger partial charge on any atom is -0.461 e. The van der Waals surface area contributed by atoms with Crippen LogP contribution in [0.25, 0.3) is 11.0 Å². The van der Waals surface area contributed by atoms with E-state index >= 15 is 0 Å². The number of halogens is 3. The largest absolute Gasteiger partial charge is 0.461 e. The van der Waals surface area contributed by atoms with Crippen molar-refractivity contribution >= 4 is 35.8 Å². The summed E-state index contributed by atoms with van der Waals surface area (Å²) in [5.74, 6) is 0.215. The third-order valence-corrected chi connectivity index (χ3v) is 4.84. The quantitative estimate of drug-likeness (QED) is 0.689. The van der Waals surface area contributed by atoms with E-state index in [1.54, 1.807) is 12.1 Å². The first kappa shape index (κ1) is 21.5. The van der Waals surface area contributed by atoms with Gasteiger partial charge in [0.1, 0.15) is 11.9 Å². The second kappa shape index (κ2) is 9.40. The second-order valence-electron chi connectivity index (χ2n) is 6.72. The van der Waals surface area contributed by atoms with E-state index in [1.807, 2.05) is 24.3 Å². The van der Waals surface area contributed by atoms with Gasteiger partial charge in [0.2, 0.25) is 0 Å². The van der Waals surface area contributed by atoms with Gasteiger partial charge >= 0.3 is 0 Å². The van der Waals surface area contributed by atoms with Crippen molar-refractivity contribution in [3.8, 4) is 6.01 Å². The number of para-hydroxylation sites is 2. The Hall–Kier alpha value is -1.82. The number of benzene rings is 2. The van der Waals surface area contributed by atoms with Gasteiger partial charge in [0.15, 0.2) is 0 Å². The van der Waals surface area contributed by atoms with Gasteiger partial charge in [0.05, 0.1) is 17.6 Å². The lowest BCUT2D eigenvalue weighted by atomic mass is 9.98.